The minimum Gasteiger partial charge on any atom is -0.442 e. The van der Waals surface area contributed by atoms with Crippen molar-refractivity contribution in [2.75, 3.05) is 55.6 Å². The lowest BCUT2D eigenvalue weighted by Gasteiger charge is -2.37. The zero-order valence-corrected chi connectivity index (χ0v) is 20.1. The van der Waals surface area contributed by atoms with E-state index in [1.54, 1.807) is 11.0 Å². The average molecular weight is 524 g/mol. The van der Waals surface area contributed by atoms with Crippen molar-refractivity contribution in [3.05, 3.63) is 24.0 Å². The molecule has 0 saturated carbocycles. The molecule has 0 spiro atoms. The molecule has 1 atom stereocenters. The maximum absolute atomic E-state index is 14.9. The number of carbonyl (C=O) groups excluding carboxylic acids is 2. The van der Waals surface area contributed by atoms with E-state index in [0.717, 1.165) is 0 Å². The maximum Gasteiger partial charge on any atom is 0.414 e. The normalized spacial score (nSPS) is 20.1. The third-order valence-corrected chi connectivity index (χ3v) is 9.29. The van der Waals surface area contributed by atoms with Crippen molar-refractivity contribution in [3.63, 3.8) is 0 Å². The topological polar surface area (TPSA) is 180 Å². The number of rotatable bonds is 8. The number of nitrogens with one attached hydrogen (secondary N) is 1. The predicted molar refractivity (Wildman–Crippen MR) is 119 cm³/mol. The van der Waals surface area contributed by atoms with Crippen molar-refractivity contribution in [3.8, 4) is 0 Å². The zero-order valence-electron chi connectivity index (χ0n) is 18.3. The van der Waals surface area contributed by atoms with Crippen LogP contribution in [0.25, 0.3) is 0 Å². The number of cyclic esters (lactones) is 1. The highest BCUT2D eigenvalue weighted by atomic mass is 31.2. The van der Waals surface area contributed by atoms with Crippen LogP contribution in [0.1, 0.15) is 6.92 Å². The lowest BCUT2D eigenvalue weighted by atomic mass is 10.2. The summed E-state index contributed by atoms with van der Waals surface area (Å²) in [6.07, 6.45) is -1.21. The molecule has 13 nitrogen and oxygen atoms in total. The van der Waals surface area contributed by atoms with Gasteiger partial charge in [-0.25, -0.2) is 9.18 Å². The lowest BCUT2D eigenvalue weighted by Crippen LogP contribution is -2.48. The van der Waals surface area contributed by atoms with Crippen molar-refractivity contribution in [2.45, 2.75) is 18.4 Å². The van der Waals surface area contributed by atoms with E-state index >= 15 is 0 Å². The highest BCUT2D eigenvalue weighted by Gasteiger charge is 2.44. The van der Waals surface area contributed by atoms with E-state index in [9.17, 15) is 42.7 Å². The van der Waals surface area contributed by atoms with Gasteiger partial charge in [0.1, 0.15) is 11.9 Å². The molecule has 2 heterocycles. The number of amides is 2. The van der Waals surface area contributed by atoms with Crippen LogP contribution in [0, 0.1) is 5.82 Å². The molecular weight excluding hydrogens is 497 g/mol. The van der Waals surface area contributed by atoms with Crippen LogP contribution < -0.4 is 15.1 Å². The molecule has 2 amide bonds. The van der Waals surface area contributed by atoms with Crippen molar-refractivity contribution in [1.29, 1.82) is 0 Å². The fraction of sp³-hybridized carbons (Fsp3) is 0.556. The van der Waals surface area contributed by atoms with Crippen molar-refractivity contribution < 1.29 is 47.4 Å². The van der Waals surface area contributed by atoms with E-state index in [0.29, 0.717) is 5.69 Å². The second-order valence-electron chi connectivity index (χ2n) is 8.14. The molecule has 1 aromatic carbocycles. The van der Waals surface area contributed by atoms with Gasteiger partial charge in [-0.3, -0.25) is 23.7 Å². The second-order valence-corrected chi connectivity index (χ2v) is 12.1. The Labute approximate surface area is 194 Å². The molecule has 2 fully saturated rings. The van der Waals surface area contributed by atoms with Crippen LogP contribution in [0.5, 0.6) is 0 Å². The Kier molecular flexibility index (Phi) is 8.03. The smallest absolute Gasteiger partial charge is 0.414 e. The number of nitrogens with zero attached hydrogens (tertiary/aromatic N) is 3. The van der Waals surface area contributed by atoms with Crippen molar-refractivity contribution in [1.82, 2.24) is 10.2 Å². The van der Waals surface area contributed by atoms with Gasteiger partial charge in [-0.2, -0.15) is 0 Å². The Morgan fingerprint density at radius 3 is 2.32 bits per heavy atom. The van der Waals surface area contributed by atoms with Gasteiger partial charge >= 0.3 is 21.3 Å². The van der Waals surface area contributed by atoms with E-state index in [1.165, 1.54) is 28.9 Å². The highest BCUT2D eigenvalue weighted by Crippen LogP contribution is 2.60. The van der Waals surface area contributed by atoms with Gasteiger partial charge < -0.3 is 34.5 Å². The number of halogens is 1. The molecule has 16 heteroatoms. The summed E-state index contributed by atoms with van der Waals surface area (Å²) < 4.78 is 43.1. The lowest BCUT2D eigenvalue weighted by molar-refractivity contribution is -0.119. The fourth-order valence-corrected chi connectivity index (χ4v) is 6.28. The van der Waals surface area contributed by atoms with E-state index < -0.39 is 45.2 Å². The number of ether oxygens (including phenoxy) is 1. The van der Waals surface area contributed by atoms with Crippen LogP contribution in [0.4, 0.5) is 20.6 Å². The van der Waals surface area contributed by atoms with Gasteiger partial charge in [0.25, 0.3) is 0 Å². The molecule has 0 bridgehead atoms. The van der Waals surface area contributed by atoms with Gasteiger partial charge in [0.15, 0.2) is 5.40 Å². The summed E-state index contributed by atoms with van der Waals surface area (Å²) in [5.41, 5.74) is 0.550. The molecule has 0 radical (unpaired) electrons. The molecule has 0 unspecified atom stereocenters. The van der Waals surface area contributed by atoms with Gasteiger partial charge in [0.05, 0.1) is 24.5 Å². The van der Waals surface area contributed by atoms with Gasteiger partial charge in [0, 0.05) is 39.6 Å². The molecule has 2 aliphatic heterocycles. The number of benzene rings is 1. The summed E-state index contributed by atoms with van der Waals surface area (Å²) in [5.74, 6) is -0.851. The summed E-state index contributed by atoms with van der Waals surface area (Å²) in [5, 5.41) is 0.447. The number of anilines is 2. The van der Waals surface area contributed by atoms with Gasteiger partial charge in [-0.15, -0.1) is 0 Å². The zero-order chi connectivity index (χ0) is 25.3. The van der Waals surface area contributed by atoms with E-state index in [4.69, 9.17) is 4.74 Å². The second kappa shape index (κ2) is 10.3. The predicted octanol–water partition coefficient (Wildman–Crippen LogP) is 0.0905. The number of piperazine rings is 1. The Hall–Kier alpha value is -2.05. The van der Waals surface area contributed by atoms with Crippen LogP contribution in [0.2, 0.25) is 0 Å². The van der Waals surface area contributed by atoms with E-state index in [1.807, 2.05) is 0 Å². The molecule has 0 aliphatic carbocycles. The molecule has 3 rings (SSSR count). The van der Waals surface area contributed by atoms with E-state index in [2.05, 4.69) is 5.32 Å². The standard InChI is InChI=1S/C18H27FN4O9P2/c1-12(24)20-9-14-10-23(18(25)32-14)13-2-3-16(15(19)8-13)22-6-4-21(5-7-22)11-17(33(26,27)28)34(29,30)31/h2-3,8,14,17H,4-7,9-11H2,1H3,(H,20,24)(H2,26,27,28)(H2,29,30,31)/t14-/m0/s1. The Morgan fingerprint density at radius 2 is 1.79 bits per heavy atom. The summed E-state index contributed by atoms with van der Waals surface area (Å²) in [6.45, 7) is 2.09. The fourth-order valence-electron chi connectivity index (χ4n) is 3.83. The minimum absolute atomic E-state index is 0.146. The van der Waals surface area contributed by atoms with Gasteiger partial charge in [-0.1, -0.05) is 0 Å². The molecule has 2 saturated heterocycles. The Bertz CT molecular complexity index is 1000. The molecule has 0 aromatic heterocycles. The first-order valence-corrected chi connectivity index (χ1v) is 13.7. The average Bonchev–Trinajstić information content (AvgIpc) is 3.10. The Morgan fingerprint density at radius 1 is 1.18 bits per heavy atom. The first-order valence-electron chi connectivity index (χ1n) is 10.4. The Balaban J connectivity index is 1.61. The molecule has 34 heavy (non-hydrogen) atoms. The van der Waals surface area contributed by atoms with Gasteiger partial charge in [0.2, 0.25) is 5.91 Å². The van der Waals surface area contributed by atoms with Crippen LogP contribution in [-0.4, -0.2) is 93.8 Å². The summed E-state index contributed by atoms with van der Waals surface area (Å²) in [6, 6.07) is 4.26. The monoisotopic (exact) mass is 524 g/mol. The molecule has 1 aromatic rings. The number of hydrogen-bond acceptors (Lipinski definition) is 7. The summed E-state index contributed by atoms with van der Waals surface area (Å²) in [4.78, 5) is 64.8. The van der Waals surface area contributed by atoms with Crippen LogP contribution in [-0.2, 0) is 18.7 Å². The first kappa shape index (κ1) is 26.6. The number of carbonyl (C=O) groups is 2. The van der Waals surface area contributed by atoms with Crippen LogP contribution in [0.3, 0.4) is 0 Å². The molecule has 5 N–H and O–H groups in total. The van der Waals surface area contributed by atoms with Gasteiger partial charge in [-0.05, 0) is 18.2 Å². The largest absolute Gasteiger partial charge is 0.442 e. The minimum atomic E-state index is -5.02. The third-order valence-electron chi connectivity index (χ3n) is 5.61. The quantitative estimate of drug-likeness (QED) is 0.291. The van der Waals surface area contributed by atoms with E-state index in [-0.39, 0.29) is 50.9 Å². The maximum atomic E-state index is 14.9. The van der Waals surface area contributed by atoms with Crippen LogP contribution in [0.15, 0.2) is 18.2 Å². The SMILES string of the molecule is CC(=O)NC[C@H]1CN(c2ccc(N3CCN(CC(P(=O)(O)O)P(=O)(O)O)CC3)c(F)c2)C(=O)O1. The summed E-state index contributed by atoms with van der Waals surface area (Å²) in [7, 11) is -10.0. The van der Waals surface area contributed by atoms with Crippen molar-refractivity contribution >= 4 is 38.6 Å². The van der Waals surface area contributed by atoms with Crippen molar-refractivity contribution in [2.24, 2.45) is 0 Å². The third kappa shape index (κ3) is 6.54. The highest BCUT2D eigenvalue weighted by molar-refractivity contribution is 7.70. The summed E-state index contributed by atoms with van der Waals surface area (Å²) >= 11 is 0. The van der Waals surface area contributed by atoms with Crippen LogP contribution >= 0.6 is 15.2 Å². The molecular formula is C18H27FN4O9P2. The number of hydrogen-bond donors (Lipinski definition) is 5. The molecule has 2 aliphatic rings. The molecule has 190 valence electrons. The first-order chi connectivity index (χ1) is 15.8.